The number of para-hydroxylation sites is 1. The molecule has 0 aromatic heterocycles. The van der Waals surface area contributed by atoms with Gasteiger partial charge >= 0.3 is 0 Å². The molecule has 0 unspecified atom stereocenters. The van der Waals surface area contributed by atoms with Crippen LogP contribution in [0.25, 0.3) is 98.0 Å². The first-order chi connectivity index (χ1) is 25.1. The van der Waals surface area contributed by atoms with Gasteiger partial charge in [-0.2, -0.15) is 0 Å². The Labute approximate surface area is 293 Å². The lowest BCUT2D eigenvalue weighted by Gasteiger charge is -2.15. The van der Waals surface area contributed by atoms with Gasteiger partial charge in [-0.15, -0.1) is 0 Å². The van der Waals surface area contributed by atoms with Gasteiger partial charge in [-0.25, -0.2) is 0 Å². The average Bonchev–Trinajstić information content (AvgIpc) is 3.20. The van der Waals surface area contributed by atoms with E-state index in [4.69, 9.17) is 0 Å². The van der Waals surface area contributed by atoms with Crippen LogP contribution < -0.4 is 0 Å². The highest BCUT2D eigenvalue weighted by Gasteiger charge is 2.18. The number of nitrogens with zero attached hydrogens (tertiary/aromatic N) is 1. The molecule has 0 heterocycles. The molecule has 3 nitrogen and oxygen atoms in total. The molecule has 0 radical (unpaired) electrons. The van der Waals surface area contributed by atoms with Gasteiger partial charge in [0.2, 0.25) is 0 Å². The zero-order chi connectivity index (χ0) is 34.1. The summed E-state index contributed by atoms with van der Waals surface area (Å²) < 4.78 is 0. The number of fused-ring (bicyclic) bond motifs is 12. The van der Waals surface area contributed by atoms with Crippen LogP contribution in [-0.4, -0.2) is 4.92 Å². The molecular weight excluding hydrogens is 623 g/mol. The maximum absolute atomic E-state index is 12.3. The third-order valence-corrected chi connectivity index (χ3v) is 10.5. The van der Waals surface area contributed by atoms with E-state index in [0.717, 1.165) is 27.8 Å². The smallest absolute Gasteiger partial charge is 0.258 e. The summed E-state index contributed by atoms with van der Waals surface area (Å²) in [5.74, 6) is 0. The summed E-state index contributed by atoms with van der Waals surface area (Å²) in [7, 11) is 0. The maximum Gasteiger partial charge on any atom is 0.277 e. The van der Waals surface area contributed by atoms with Crippen molar-refractivity contribution in [2.24, 2.45) is 0 Å². The van der Waals surface area contributed by atoms with Crippen LogP contribution in [-0.2, 0) is 0 Å². The van der Waals surface area contributed by atoms with Crippen LogP contribution in [0.1, 0.15) is 0 Å². The van der Waals surface area contributed by atoms with Gasteiger partial charge in [-0.1, -0.05) is 133 Å². The standard InChI is InChI=1S/C48H29NO2/c50-49(51)48-20-10-9-11-35(48)34-26-32(30-21-23-44-40-16-3-1-12-36(40)38-14-5-7-18-42(38)46(44)28-30)25-33(27-34)31-22-24-45-41-17-4-2-13-37(41)39-15-6-8-19-43(39)47(45)29-31/h1-29H. The average molecular weight is 652 g/mol. The number of hydrogen-bond acceptors (Lipinski definition) is 2. The second-order valence-electron chi connectivity index (χ2n) is 13.3. The maximum atomic E-state index is 12.3. The number of hydrogen-bond donors (Lipinski definition) is 0. The van der Waals surface area contributed by atoms with Gasteiger partial charge in [0, 0.05) is 6.07 Å². The molecule has 10 rings (SSSR count). The number of benzene rings is 10. The van der Waals surface area contributed by atoms with Gasteiger partial charge < -0.3 is 0 Å². The van der Waals surface area contributed by atoms with Crippen LogP contribution in [0.3, 0.4) is 0 Å². The lowest BCUT2D eigenvalue weighted by molar-refractivity contribution is -0.384. The van der Waals surface area contributed by atoms with Crippen LogP contribution in [0.15, 0.2) is 176 Å². The normalized spacial score (nSPS) is 11.7. The summed E-state index contributed by atoms with van der Waals surface area (Å²) in [6, 6.07) is 61.2. The molecule has 0 amide bonds. The van der Waals surface area contributed by atoms with Crippen molar-refractivity contribution in [2.75, 3.05) is 0 Å². The highest BCUT2D eigenvalue weighted by atomic mass is 16.6. The molecule has 0 saturated heterocycles. The van der Waals surface area contributed by atoms with E-state index in [-0.39, 0.29) is 10.6 Å². The molecule has 0 aliphatic rings. The number of nitro groups is 1. The van der Waals surface area contributed by atoms with E-state index in [2.05, 4.69) is 152 Å². The Balaban J connectivity index is 1.25. The third-order valence-electron chi connectivity index (χ3n) is 10.5. The van der Waals surface area contributed by atoms with E-state index in [0.29, 0.717) is 5.56 Å². The second-order valence-corrected chi connectivity index (χ2v) is 13.3. The van der Waals surface area contributed by atoms with Crippen molar-refractivity contribution in [2.45, 2.75) is 0 Å². The minimum Gasteiger partial charge on any atom is -0.258 e. The lowest BCUT2D eigenvalue weighted by atomic mass is 9.88. The minimum atomic E-state index is -0.289. The summed E-state index contributed by atoms with van der Waals surface area (Å²) in [5.41, 5.74) is 5.62. The number of rotatable bonds is 4. The van der Waals surface area contributed by atoms with E-state index in [1.807, 2.05) is 12.1 Å². The summed E-state index contributed by atoms with van der Waals surface area (Å²) in [6.45, 7) is 0. The Bertz CT molecular complexity index is 2820. The Kier molecular flexibility index (Phi) is 6.49. The fourth-order valence-corrected chi connectivity index (χ4v) is 8.17. The molecule has 0 saturated carbocycles. The van der Waals surface area contributed by atoms with Crippen LogP contribution in [0.2, 0.25) is 0 Å². The molecule has 0 aliphatic heterocycles. The van der Waals surface area contributed by atoms with Crippen molar-refractivity contribution < 1.29 is 4.92 Å². The van der Waals surface area contributed by atoms with Crippen LogP contribution in [0.5, 0.6) is 0 Å². The van der Waals surface area contributed by atoms with E-state index in [1.54, 1.807) is 12.1 Å². The van der Waals surface area contributed by atoms with Gasteiger partial charge in [0.15, 0.2) is 0 Å². The van der Waals surface area contributed by atoms with Gasteiger partial charge in [-0.3, -0.25) is 10.1 Å². The number of nitro benzene ring substituents is 1. The first-order valence-electron chi connectivity index (χ1n) is 17.2. The van der Waals surface area contributed by atoms with Crippen LogP contribution in [0.4, 0.5) is 5.69 Å². The first kappa shape index (κ1) is 29.1. The second kappa shape index (κ2) is 11.4. The Hall–Kier alpha value is -6.84. The monoisotopic (exact) mass is 651 g/mol. The van der Waals surface area contributed by atoms with Crippen LogP contribution >= 0.6 is 0 Å². The van der Waals surface area contributed by atoms with Crippen molar-refractivity contribution >= 4 is 70.3 Å². The van der Waals surface area contributed by atoms with E-state index in [1.165, 1.54) is 64.6 Å². The SMILES string of the molecule is O=[N+]([O-])c1ccccc1-c1cc(-c2ccc3c4ccccc4c4ccccc4c3c2)cc(-c2ccc3c4ccccc4c4ccccc4c3c2)c1. The van der Waals surface area contributed by atoms with Crippen molar-refractivity contribution in [3.63, 3.8) is 0 Å². The molecule has 238 valence electrons. The molecule has 51 heavy (non-hydrogen) atoms. The molecule has 10 aromatic carbocycles. The molecular formula is C48H29NO2. The topological polar surface area (TPSA) is 43.1 Å². The lowest BCUT2D eigenvalue weighted by Crippen LogP contribution is -1.93. The summed E-state index contributed by atoms with van der Waals surface area (Å²) in [5, 5.41) is 26.8. The molecule has 0 aliphatic carbocycles. The van der Waals surface area contributed by atoms with Crippen molar-refractivity contribution in [1.29, 1.82) is 0 Å². The van der Waals surface area contributed by atoms with Crippen LogP contribution in [0, 0.1) is 10.1 Å². The van der Waals surface area contributed by atoms with Crippen molar-refractivity contribution in [3.8, 4) is 33.4 Å². The van der Waals surface area contributed by atoms with E-state index >= 15 is 0 Å². The van der Waals surface area contributed by atoms with Crippen molar-refractivity contribution in [1.82, 2.24) is 0 Å². The zero-order valence-electron chi connectivity index (χ0n) is 27.5. The van der Waals surface area contributed by atoms with Gasteiger partial charge in [0.25, 0.3) is 5.69 Å². The quantitative estimate of drug-likeness (QED) is 0.108. The molecule has 0 bridgehead atoms. The Morgan fingerprint density at radius 1 is 0.294 bits per heavy atom. The van der Waals surface area contributed by atoms with Gasteiger partial charge in [0.1, 0.15) is 0 Å². The predicted molar refractivity (Wildman–Crippen MR) is 214 cm³/mol. The molecule has 0 N–H and O–H groups in total. The fraction of sp³-hybridized carbons (Fsp3) is 0. The minimum absolute atomic E-state index is 0.0903. The molecule has 0 fully saturated rings. The zero-order valence-corrected chi connectivity index (χ0v) is 27.5. The molecule has 0 atom stereocenters. The largest absolute Gasteiger partial charge is 0.277 e. The molecule has 0 spiro atoms. The Morgan fingerprint density at radius 3 is 1.00 bits per heavy atom. The van der Waals surface area contributed by atoms with Crippen molar-refractivity contribution in [3.05, 3.63) is 186 Å². The van der Waals surface area contributed by atoms with Gasteiger partial charge in [0.05, 0.1) is 10.5 Å². The van der Waals surface area contributed by atoms with Gasteiger partial charge in [-0.05, 0) is 129 Å². The highest BCUT2D eigenvalue weighted by molar-refractivity contribution is 6.27. The summed E-state index contributed by atoms with van der Waals surface area (Å²) in [6.07, 6.45) is 0. The molecule has 3 heteroatoms. The fourth-order valence-electron chi connectivity index (χ4n) is 8.17. The van der Waals surface area contributed by atoms with E-state index < -0.39 is 0 Å². The third kappa shape index (κ3) is 4.59. The Morgan fingerprint density at radius 2 is 0.608 bits per heavy atom. The predicted octanol–water partition coefficient (Wildman–Crippen LogP) is 13.5. The first-order valence-corrected chi connectivity index (χ1v) is 17.2. The highest BCUT2D eigenvalue weighted by Crippen LogP contribution is 2.42. The molecule has 10 aromatic rings. The summed E-state index contributed by atoms with van der Waals surface area (Å²) >= 11 is 0. The summed E-state index contributed by atoms with van der Waals surface area (Å²) in [4.78, 5) is 12.0. The van der Waals surface area contributed by atoms with E-state index in [9.17, 15) is 10.1 Å².